The van der Waals surface area contributed by atoms with Crippen molar-refractivity contribution < 1.29 is 8.42 Å². The molecule has 0 radical (unpaired) electrons. The van der Waals surface area contributed by atoms with Crippen LogP contribution in [0.5, 0.6) is 0 Å². The number of nitrogens with zero attached hydrogens (tertiary/aromatic N) is 4. The van der Waals surface area contributed by atoms with Gasteiger partial charge in [0.25, 0.3) is 0 Å². The van der Waals surface area contributed by atoms with Crippen LogP contribution < -0.4 is 0 Å². The van der Waals surface area contributed by atoms with Gasteiger partial charge in [0.2, 0.25) is 0 Å². The van der Waals surface area contributed by atoms with Gasteiger partial charge >= 0.3 is 0 Å². The van der Waals surface area contributed by atoms with E-state index in [1.807, 2.05) is 24.4 Å². The molecule has 36 heavy (non-hydrogen) atoms. The first-order valence-corrected chi connectivity index (χ1v) is 13.7. The molecule has 7 nitrogen and oxygen atoms in total. The fourth-order valence-corrected chi connectivity index (χ4v) is 5.13. The Labute approximate surface area is 210 Å². The quantitative estimate of drug-likeness (QED) is 0.327. The minimum Gasteiger partial charge on any atom is -0.256 e. The Hall–Kier alpha value is -3.91. The lowest BCUT2D eigenvalue weighted by atomic mass is 9.89. The van der Waals surface area contributed by atoms with Crippen molar-refractivity contribution in [2.45, 2.75) is 37.0 Å². The number of nitrogens with one attached hydrogen (secondary N) is 1. The number of aromatic nitrogens is 5. The molecule has 0 aliphatic carbocycles. The molecule has 0 aliphatic heterocycles. The number of tetrazole rings is 1. The molecule has 1 N–H and O–H groups in total. The third-order valence-corrected chi connectivity index (χ3v) is 7.60. The van der Waals surface area contributed by atoms with Gasteiger partial charge in [-0.15, -0.1) is 5.10 Å². The Morgan fingerprint density at radius 1 is 0.917 bits per heavy atom. The normalized spacial score (nSPS) is 12.8. The maximum absolute atomic E-state index is 11.9. The summed E-state index contributed by atoms with van der Waals surface area (Å²) in [6.45, 7) is 4.39. The number of rotatable bonds is 7. The highest BCUT2D eigenvalue weighted by Gasteiger charge is 2.20. The SMILES string of the molecule is CC(C)c1cc(-c2cccc(CC(c3ccc(S(C)(=O)=O)cc3)c3nnn[nH]3)c2)c2ncccc2c1. The first-order chi connectivity index (χ1) is 17.3. The molecule has 0 spiro atoms. The Morgan fingerprint density at radius 2 is 1.72 bits per heavy atom. The topological polar surface area (TPSA) is 101 Å². The summed E-state index contributed by atoms with van der Waals surface area (Å²) in [6, 6.07) is 23.9. The van der Waals surface area contributed by atoms with Crippen molar-refractivity contribution >= 4 is 20.7 Å². The predicted molar refractivity (Wildman–Crippen MR) is 141 cm³/mol. The summed E-state index contributed by atoms with van der Waals surface area (Å²) in [5.41, 5.74) is 6.49. The van der Waals surface area contributed by atoms with Gasteiger partial charge in [-0.05, 0) is 75.4 Å². The summed E-state index contributed by atoms with van der Waals surface area (Å²) in [7, 11) is -3.28. The average molecular weight is 498 g/mol. The highest BCUT2D eigenvalue weighted by molar-refractivity contribution is 7.90. The zero-order valence-corrected chi connectivity index (χ0v) is 21.2. The Bertz CT molecular complexity index is 1610. The van der Waals surface area contributed by atoms with Crippen LogP contribution in [-0.4, -0.2) is 40.3 Å². The first kappa shape index (κ1) is 23.8. The number of aromatic amines is 1. The van der Waals surface area contributed by atoms with Gasteiger partial charge in [-0.3, -0.25) is 4.98 Å². The molecule has 0 amide bonds. The first-order valence-electron chi connectivity index (χ1n) is 11.8. The van der Waals surface area contributed by atoms with Gasteiger partial charge in [0.1, 0.15) is 0 Å². The van der Waals surface area contributed by atoms with Crippen LogP contribution in [-0.2, 0) is 16.3 Å². The van der Waals surface area contributed by atoms with Crippen molar-refractivity contribution in [2.24, 2.45) is 0 Å². The van der Waals surface area contributed by atoms with Crippen molar-refractivity contribution in [3.05, 3.63) is 102 Å². The molecule has 5 aromatic rings. The number of benzene rings is 3. The number of fused-ring (bicyclic) bond motifs is 1. The molecule has 2 heterocycles. The molecule has 0 aliphatic rings. The maximum atomic E-state index is 11.9. The third-order valence-electron chi connectivity index (χ3n) is 6.47. The van der Waals surface area contributed by atoms with E-state index < -0.39 is 9.84 Å². The summed E-state index contributed by atoms with van der Waals surface area (Å²) >= 11 is 0. The van der Waals surface area contributed by atoms with Gasteiger partial charge in [0.05, 0.1) is 10.4 Å². The van der Waals surface area contributed by atoms with Crippen molar-refractivity contribution in [3.63, 3.8) is 0 Å². The fourth-order valence-electron chi connectivity index (χ4n) is 4.50. The minimum absolute atomic E-state index is 0.166. The summed E-state index contributed by atoms with van der Waals surface area (Å²) in [6.07, 6.45) is 3.67. The number of pyridine rings is 1. The van der Waals surface area contributed by atoms with Gasteiger partial charge in [0.15, 0.2) is 15.7 Å². The van der Waals surface area contributed by atoms with Crippen molar-refractivity contribution in [1.82, 2.24) is 25.6 Å². The van der Waals surface area contributed by atoms with Gasteiger partial charge in [-0.25, -0.2) is 13.5 Å². The number of hydrogen-bond acceptors (Lipinski definition) is 6. The monoisotopic (exact) mass is 497 g/mol. The van der Waals surface area contributed by atoms with E-state index in [0.717, 1.165) is 33.2 Å². The molecule has 0 saturated carbocycles. The molecule has 5 rings (SSSR count). The molecule has 0 fully saturated rings. The van der Waals surface area contributed by atoms with Crippen molar-refractivity contribution in [1.29, 1.82) is 0 Å². The van der Waals surface area contributed by atoms with E-state index in [9.17, 15) is 8.42 Å². The van der Waals surface area contributed by atoms with Gasteiger partial charge in [-0.2, -0.15) is 0 Å². The van der Waals surface area contributed by atoms with Crippen LogP contribution >= 0.6 is 0 Å². The number of sulfone groups is 1. The largest absolute Gasteiger partial charge is 0.256 e. The highest BCUT2D eigenvalue weighted by atomic mass is 32.2. The summed E-state index contributed by atoms with van der Waals surface area (Å²) in [5, 5.41) is 15.7. The zero-order chi connectivity index (χ0) is 25.3. The third kappa shape index (κ3) is 4.90. The van der Waals surface area contributed by atoms with E-state index in [1.54, 1.807) is 12.1 Å². The molecule has 3 aromatic carbocycles. The van der Waals surface area contributed by atoms with Crippen LogP contribution in [0.3, 0.4) is 0 Å². The van der Waals surface area contributed by atoms with Crippen LogP contribution in [0, 0.1) is 0 Å². The molecule has 0 bridgehead atoms. The Balaban J connectivity index is 1.55. The van der Waals surface area contributed by atoms with Gasteiger partial charge in [0, 0.05) is 29.3 Å². The van der Waals surface area contributed by atoms with Crippen LogP contribution in [0.4, 0.5) is 0 Å². The number of hydrogen-bond donors (Lipinski definition) is 1. The lowest BCUT2D eigenvalue weighted by molar-refractivity contribution is 0.602. The van der Waals surface area contributed by atoms with E-state index in [1.165, 1.54) is 11.8 Å². The standard InChI is InChI=1S/C28H27N5O2S/c1-18(2)23-16-22-8-5-13-29-27(22)25(17-23)21-7-4-6-19(14-21)15-26(28-30-32-33-31-28)20-9-11-24(12-10-20)36(3,34)35/h4-14,16-18,26H,15H2,1-3H3,(H,30,31,32,33). The second kappa shape index (κ2) is 9.62. The van der Waals surface area contributed by atoms with Gasteiger partial charge < -0.3 is 0 Å². The average Bonchev–Trinajstić information content (AvgIpc) is 3.41. The predicted octanol–water partition coefficient (Wildman–Crippen LogP) is 5.32. The molecule has 1 atom stereocenters. The second-order valence-corrected chi connectivity index (χ2v) is 11.4. The van der Waals surface area contributed by atoms with Crippen LogP contribution in [0.15, 0.2) is 83.9 Å². The van der Waals surface area contributed by atoms with E-state index in [4.69, 9.17) is 0 Å². The Kier molecular flexibility index (Phi) is 6.36. The maximum Gasteiger partial charge on any atom is 0.175 e. The molecule has 8 heteroatoms. The summed E-state index contributed by atoms with van der Waals surface area (Å²) < 4.78 is 23.8. The van der Waals surface area contributed by atoms with E-state index >= 15 is 0 Å². The fraction of sp³-hybridized carbons (Fsp3) is 0.214. The summed E-state index contributed by atoms with van der Waals surface area (Å²) in [4.78, 5) is 4.97. The highest BCUT2D eigenvalue weighted by Crippen LogP contribution is 2.33. The smallest absolute Gasteiger partial charge is 0.175 e. The van der Waals surface area contributed by atoms with E-state index in [-0.39, 0.29) is 10.8 Å². The molecular formula is C28H27N5O2S. The zero-order valence-electron chi connectivity index (χ0n) is 20.4. The second-order valence-electron chi connectivity index (χ2n) is 9.38. The number of H-pyrrole nitrogens is 1. The lowest BCUT2D eigenvalue weighted by Crippen LogP contribution is -2.08. The molecule has 2 aromatic heterocycles. The van der Waals surface area contributed by atoms with E-state index in [0.29, 0.717) is 18.2 Å². The molecular weight excluding hydrogens is 470 g/mol. The molecule has 0 saturated heterocycles. The minimum atomic E-state index is -3.28. The molecule has 1 unspecified atom stereocenters. The van der Waals surface area contributed by atoms with Crippen LogP contribution in [0.2, 0.25) is 0 Å². The lowest BCUT2D eigenvalue weighted by Gasteiger charge is -2.16. The summed E-state index contributed by atoms with van der Waals surface area (Å²) in [5.74, 6) is 0.858. The van der Waals surface area contributed by atoms with Gasteiger partial charge in [-0.1, -0.05) is 56.3 Å². The van der Waals surface area contributed by atoms with E-state index in [2.05, 4.69) is 81.9 Å². The van der Waals surface area contributed by atoms with Crippen LogP contribution in [0.1, 0.15) is 48.2 Å². The van der Waals surface area contributed by atoms with Crippen molar-refractivity contribution in [2.75, 3.05) is 6.26 Å². The Morgan fingerprint density at radius 3 is 2.42 bits per heavy atom. The molecule has 182 valence electrons. The van der Waals surface area contributed by atoms with Crippen molar-refractivity contribution in [3.8, 4) is 11.1 Å². The van der Waals surface area contributed by atoms with Crippen LogP contribution in [0.25, 0.3) is 22.0 Å².